The Balaban J connectivity index is 1.89. The van der Waals surface area contributed by atoms with E-state index in [0.717, 1.165) is 5.75 Å². The number of carbonyl (C=O) groups is 1. The van der Waals surface area contributed by atoms with Crippen LogP contribution in [0.15, 0.2) is 54.6 Å². The molecule has 0 bridgehead atoms. The third-order valence-corrected chi connectivity index (χ3v) is 4.19. The number of benzene rings is 2. The van der Waals surface area contributed by atoms with Gasteiger partial charge in [-0.2, -0.15) is 5.26 Å². The first kappa shape index (κ1) is 15.1. The first-order chi connectivity index (χ1) is 10.2. The lowest BCUT2D eigenvalue weighted by atomic mass is 10.2. The van der Waals surface area contributed by atoms with Crippen molar-refractivity contribution < 1.29 is 4.79 Å². The van der Waals surface area contributed by atoms with Crippen LogP contribution in [0.1, 0.15) is 18.1 Å². The molecule has 0 aliphatic carbocycles. The van der Waals surface area contributed by atoms with E-state index in [9.17, 15) is 4.79 Å². The van der Waals surface area contributed by atoms with Gasteiger partial charge >= 0.3 is 0 Å². The second-order valence-electron chi connectivity index (χ2n) is 4.62. The van der Waals surface area contributed by atoms with Gasteiger partial charge in [0.25, 0.3) is 0 Å². The zero-order valence-electron chi connectivity index (χ0n) is 11.7. The fourth-order valence-electron chi connectivity index (χ4n) is 1.78. The van der Waals surface area contributed by atoms with Crippen molar-refractivity contribution in [3.8, 4) is 6.07 Å². The minimum atomic E-state index is -0.157. The van der Waals surface area contributed by atoms with Crippen molar-refractivity contribution in [3.63, 3.8) is 0 Å². The number of carbonyl (C=O) groups excluding carboxylic acids is 1. The molecule has 0 saturated heterocycles. The Kier molecular flexibility index (Phi) is 5.42. The summed E-state index contributed by atoms with van der Waals surface area (Å²) in [6.45, 7) is 1.89. The summed E-state index contributed by atoms with van der Waals surface area (Å²) in [5, 5.41) is 11.5. The molecule has 0 saturated carbocycles. The fraction of sp³-hybridized carbons (Fsp3) is 0.176. The topological polar surface area (TPSA) is 52.9 Å². The second kappa shape index (κ2) is 7.51. The molecule has 1 atom stereocenters. The summed E-state index contributed by atoms with van der Waals surface area (Å²) in [4.78, 5) is 12.1. The minimum Gasteiger partial charge on any atom is -0.325 e. The van der Waals surface area contributed by atoms with Crippen LogP contribution in [0.25, 0.3) is 0 Å². The highest BCUT2D eigenvalue weighted by Crippen LogP contribution is 2.19. The Hall–Kier alpha value is -2.25. The summed E-state index contributed by atoms with van der Waals surface area (Å²) in [6.07, 6.45) is 0. The van der Waals surface area contributed by atoms with Crippen LogP contribution in [-0.2, 0) is 10.5 Å². The Morgan fingerprint density at radius 3 is 2.71 bits per heavy atom. The molecule has 0 fully saturated rings. The number of nitrogens with zero attached hydrogens (tertiary/aromatic N) is 1. The van der Waals surface area contributed by atoms with Crippen LogP contribution in [0.5, 0.6) is 0 Å². The Morgan fingerprint density at radius 1 is 1.24 bits per heavy atom. The van der Waals surface area contributed by atoms with Gasteiger partial charge in [-0.1, -0.05) is 36.4 Å². The lowest BCUT2D eigenvalue weighted by Crippen LogP contribution is -2.22. The number of amides is 1. The van der Waals surface area contributed by atoms with E-state index in [4.69, 9.17) is 5.26 Å². The molecule has 106 valence electrons. The largest absolute Gasteiger partial charge is 0.325 e. The van der Waals surface area contributed by atoms with Crippen LogP contribution in [0.2, 0.25) is 0 Å². The average Bonchev–Trinajstić information content (AvgIpc) is 2.53. The zero-order valence-corrected chi connectivity index (χ0v) is 12.6. The van der Waals surface area contributed by atoms with E-state index in [1.54, 1.807) is 36.0 Å². The highest BCUT2D eigenvalue weighted by molar-refractivity contribution is 7.99. The smallest absolute Gasteiger partial charge is 0.237 e. The predicted molar refractivity (Wildman–Crippen MR) is 87.0 cm³/mol. The lowest BCUT2D eigenvalue weighted by Gasteiger charge is -2.12. The number of hydrogen-bond acceptors (Lipinski definition) is 3. The number of rotatable bonds is 5. The van der Waals surface area contributed by atoms with Crippen molar-refractivity contribution in [2.45, 2.75) is 17.9 Å². The first-order valence-corrected chi connectivity index (χ1v) is 7.70. The molecule has 21 heavy (non-hydrogen) atoms. The highest BCUT2D eigenvalue weighted by atomic mass is 32.2. The summed E-state index contributed by atoms with van der Waals surface area (Å²) in [6, 6.07) is 19.1. The highest BCUT2D eigenvalue weighted by Gasteiger charge is 2.13. The maximum Gasteiger partial charge on any atom is 0.237 e. The van der Waals surface area contributed by atoms with Crippen LogP contribution in [0.4, 0.5) is 5.69 Å². The van der Waals surface area contributed by atoms with Crippen molar-refractivity contribution in [2.24, 2.45) is 0 Å². The van der Waals surface area contributed by atoms with Gasteiger partial charge in [0, 0.05) is 11.4 Å². The van der Waals surface area contributed by atoms with E-state index in [1.807, 2.05) is 37.3 Å². The van der Waals surface area contributed by atoms with E-state index >= 15 is 0 Å². The van der Waals surface area contributed by atoms with Crippen LogP contribution < -0.4 is 5.32 Å². The van der Waals surface area contributed by atoms with E-state index in [2.05, 4.69) is 11.4 Å². The molecular weight excluding hydrogens is 280 g/mol. The molecule has 0 spiro atoms. The van der Waals surface area contributed by atoms with E-state index < -0.39 is 0 Å². The van der Waals surface area contributed by atoms with Gasteiger partial charge in [-0.25, -0.2) is 0 Å². The van der Waals surface area contributed by atoms with E-state index in [-0.39, 0.29) is 11.2 Å². The third kappa shape index (κ3) is 4.66. The zero-order chi connectivity index (χ0) is 15.1. The Labute approximate surface area is 129 Å². The van der Waals surface area contributed by atoms with Crippen molar-refractivity contribution in [1.82, 2.24) is 0 Å². The molecule has 0 aliphatic rings. The van der Waals surface area contributed by atoms with Gasteiger partial charge in [-0.05, 0) is 30.7 Å². The fourth-order valence-corrected chi connectivity index (χ4v) is 2.63. The molecule has 1 amide bonds. The predicted octanol–water partition coefficient (Wildman–Crippen LogP) is 3.82. The molecule has 0 aromatic heterocycles. The number of nitrogens with one attached hydrogen (secondary N) is 1. The molecule has 0 unspecified atom stereocenters. The molecule has 0 aliphatic heterocycles. The number of nitriles is 1. The van der Waals surface area contributed by atoms with Gasteiger partial charge in [0.05, 0.1) is 16.9 Å². The summed E-state index contributed by atoms with van der Waals surface area (Å²) in [5.41, 5.74) is 2.40. The van der Waals surface area contributed by atoms with Gasteiger partial charge in [0.15, 0.2) is 0 Å². The molecule has 2 rings (SSSR count). The quantitative estimate of drug-likeness (QED) is 0.912. The molecule has 0 heterocycles. The Bertz CT molecular complexity index is 649. The molecule has 1 N–H and O–H groups in total. The summed E-state index contributed by atoms with van der Waals surface area (Å²) < 4.78 is 0. The SMILES string of the molecule is C[C@@H](SCc1ccccc1)C(=O)Nc1cccc(C#N)c1. The van der Waals surface area contributed by atoms with Crippen LogP contribution >= 0.6 is 11.8 Å². The van der Waals surface area contributed by atoms with Crippen molar-refractivity contribution in [2.75, 3.05) is 5.32 Å². The van der Waals surface area contributed by atoms with Gasteiger partial charge in [0.1, 0.15) is 0 Å². The van der Waals surface area contributed by atoms with Gasteiger partial charge < -0.3 is 5.32 Å². The average molecular weight is 296 g/mol. The summed E-state index contributed by atoms with van der Waals surface area (Å²) >= 11 is 1.59. The third-order valence-electron chi connectivity index (χ3n) is 2.97. The number of thioether (sulfide) groups is 1. The van der Waals surface area contributed by atoms with Crippen LogP contribution in [0.3, 0.4) is 0 Å². The normalized spacial score (nSPS) is 11.4. The molecular formula is C17H16N2OS. The number of anilines is 1. The van der Waals surface area contributed by atoms with Crippen molar-refractivity contribution in [1.29, 1.82) is 5.26 Å². The van der Waals surface area contributed by atoms with Gasteiger partial charge in [0.2, 0.25) is 5.91 Å². The van der Waals surface area contributed by atoms with E-state index in [1.165, 1.54) is 5.56 Å². The monoisotopic (exact) mass is 296 g/mol. The molecule has 2 aromatic rings. The van der Waals surface area contributed by atoms with Crippen LogP contribution in [0, 0.1) is 11.3 Å². The second-order valence-corrected chi connectivity index (χ2v) is 5.95. The molecule has 4 heteroatoms. The van der Waals surface area contributed by atoms with Gasteiger partial charge in [-0.15, -0.1) is 11.8 Å². The van der Waals surface area contributed by atoms with Crippen molar-refractivity contribution in [3.05, 3.63) is 65.7 Å². The van der Waals surface area contributed by atoms with Crippen molar-refractivity contribution >= 4 is 23.4 Å². The molecule has 0 radical (unpaired) electrons. The maximum absolute atomic E-state index is 12.1. The molecule has 3 nitrogen and oxygen atoms in total. The first-order valence-electron chi connectivity index (χ1n) is 6.65. The van der Waals surface area contributed by atoms with E-state index in [0.29, 0.717) is 11.3 Å². The summed E-state index contributed by atoms with van der Waals surface area (Å²) in [7, 11) is 0. The number of hydrogen-bond donors (Lipinski definition) is 1. The Morgan fingerprint density at radius 2 is 2.00 bits per heavy atom. The standard InChI is InChI=1S/C17H16N2OS/c1-13(21-12-14-6-3-2-4-7-14)17(20)19-16-9-5-8-15(10-16)11-18/h2-10,13H,12H2,1H3,(H,19,20)/t13-/m1/s1. The maximum atomic E-state index is 12.1. The molecule has 2 aromatic carbocycles. The lowest BCUT2D eigenvalue weighted by molar-refractivity contribution is -0.115. The summed E-state index contributed by atoms with van der Waals surface area (Å²) in [5.74, 6) is 0.749. The van der Waals surface area contributed by atoms with Crippen LogP contribution in [-0.4, -0.2) is 11.2 Å². The minimum absolute atomic E-state index is 0.0500. The van der Waals surface area contributed by atoms with Gasteiger partial charge in [-0.3, -0.25) is 4.79 Å².